The van der Waals surface area contributed by atoms with Crippen molar-refractivity contribution in [1.82, 2.24) is 0 Å². The highest BCUT2D eigenvalue weighted by Gasteiger charge is 2.36. The number of fused-ring (bicyclic) bond motifs is 1. The lowest BCUT2D eigenvalue weighted by molar-refractivity contribution is 0.332. The van der Waals surface area contributed by atoms with E-state index >= 15 is 0 Å². The van der Waals surface area contributed by atoms with Crippen LogP contribution >= 0.6 is 0 Å². The molecule has 0 fully saturated rings. The Hall–Kier alpha value is -0.980. The topological polar surface area (TPSA) is 3.24 Å². The van der Waals surface area contributed by atoms with E-state index in [0.29, 0.717) is 10.8 Å². The second-order valence-corrected chi connectivity index (χ2v) is 6.89. The van der Waals surface area contributed by atoms with Gasteiger partial charge in [-0.2, -0.15) is 0 Å². The van der Waals surface area contributed by atoms with E-state index in [0.717, 1.165) is 0 Å². The fourth-order valence-corrected chi connectivity index (χ4v) is 2.85. The van der Waals surface area contributed by atoms with Crippen LogP contribution in [0, 0.1) is 0 Å². The molecule has 17 heavy (non-hydrogen) atoms. The number of anilines is 1. The standard InChI is InChI=1S/C16H25N/c1-15(2)9-10-16(3,4)14-11-12(17(5)6)7-8-13(14)15/h7-8,11H,9-10H2,1-6H3. The Balaban J connectivity index is 2.60. The normalized spacial score (nSPS) is 20.8. The molecule has 0 aromatic heterocycles. The summed E-state index contributed by atoms with van der Waals surface area (Å²) in [7, 11) is 4.23. The van der Waals surface area contributed by atoms with Gasteiger partial charge < -0.3 is 4.90 Å². The third-order valence-electron chi connectivity index (χ3n) is 4.35. The molecule has 0 heterocycles. The molecule has 0 amide bonds. The molecule has 0 bridgehead atoms. The van der Waals surface area contributed by atoms with Crippen LogP contribution < -0.4 is 4.90 Å². The van der Waals surface area contributed by atoms with Gasteiger partial charge in [-0.25, -0.2) is 0 Å². The number of nitrogens with zero attached hydrogens (tertiary/aromatic N) is 1. The summed E-state index contributed by atoms with van der Waals surface area (Å²) in [5, 5.41) is 0. The molecule has 94 valence electrons. The second kappa shape index (κ2) is 3.76. The largest absolute Gasteiger partial charge is 0.378 e. The maximum absolute atomic E-state index is 2.39. The zero-order valence-electron chi connectivity index (χ0n) is 12.1. The van der Waals surface area contributed by atoms with Crippen molar-refractivity contribution in [3.05, 3.63) is 29.3 Å². The molecule has 1 heteroatoms. The van der Waals surface area contributed by atoms with E-state index in [1.165, 1.54) is 18.5 Å². The number of hydrogen-bond donors (Lipinski definition) is 0. The van der Waals surface area contributed by atoms with Gasteiger partial charge >= 0.3 is 0 Å². The van der Waals surface area contributed by atoms with Gasteiger partial charge in [0.2, 0.25) is 0 Å². The van der Waals surface area contributed by atoms with E-state index in [1.807, 2.05) is 0 Å². The Morgan fingerprint density at radius 1 is 0.882 bits per heavy atom. The van der Waals surface area contributed by atoms with Gasteiger partial charge in [0.15, 0.2) is 0 Å². The fraction of sp³-hybridized carbons (Fsp3) is 0.625. The predicted molar refractivity (Wildman–Crippen MR) is 76.1 cm³/mol. The van der Waals surface area contributed by atoms with Gasteiger partial charge in [-0.3, -0.25) is 0 Å². The second-order valence-electron chi connectivity index (χ2n) is 6.89. The maximum Gasteiger partial charge on any atom is 0.0364 e. The SMILES string of the molecule is CN(C)c1ccc2c(c1)C(C)(C)CCC2(C)C. The number of hydrogen-bond acceptors (Lipinski definition) is 1. The van der Waals surface area contributed by atoms with Crippen molar-refractivity contribution in [2.75, 3.05) is 19.0 Å². The Kier molecular flexibility index (Phi) is 2.76. The summed E-state index contributed by atoms with van der Waals surface area (Å²) in [6.45, 7) is 9.49. The van der Waals surface area contributed by atoms with Gasteiger partial charge in [-0.1, -0.05) is 33.8 Å². The number of rotatable bonds is 1. The average Bonchev–Trinajstić information content (AvgIpc) is 2.24. The monoisotopic (exact) mass is 231 g/mol. The van der Waals surface area contributed by atoms with E-state index in [9.17, 15) is 0 Å². The van der Waals surface area contributed by atoms with Gasteiger partial charge in [0.05, 0.1) is 0 Å². The van der Waals surface area contributed by atoms with Gasteiger partial charge in [-0.15, -0.1) is 0 Å². The molecule has 0 saturated carbocycles. The molecular formula is C16H25N. The lowest BCUT2D eigenvalue weighted by Crippen LogP contribution is -2.34. The average molecular weight is 231 g/mol. The summed E-state index contributed by atoms with van der Waals surface area (Å²) in [5.74, 6) is 0. The van der Waals surface area contributed by atoms with Crippen molar-refractivity contribution in [2.24, 2.45) is 0 Å². The molecule has 1 aromatic carbocycles. The first kappa shape index (κ1) is 12.5. The molecule has 0 saturated heterocycles. The molecule has 0 spiro atoms. The van der Waals surface area contributed by atoms with Crippen LogP contribution in [-0.4, -0.2) is 14.1 Å². The van der Waals surface area contributed by atoms with E-state index < -0.39 is 0 Å². The number of benzene rings is 1. The molecule has 0 atom stereocenters. The summed E-state index contributed by atoms with van der Waals surface area (Å²) in [6, 6.07) is 6.98. The maximum atomic E-state index is 2.39. The summed E-state index contributed by atoms with van der Waals surface area (Å²) in [4.78, 5) is 2.19. The van der Waals surface area contributed by atoms with Gasteiger partial charge in [-0.05, 0) is 46.9 Å². The van der Waals surface area contributed by atoms with Crippen molar-refractivity contribution in [3.8, 4) is 0 Å². The molecule has 0 radical (unpaired) electrons. The van der Waals surface area contributed by atoms with Crippen molar-refractivity contribution < 1.29 is 0 Å². The van der Waals surface area contributed by atoms with Crippen molar-refractivity contribution in [3.63, 3.8) is 0 Å². The third-order valence-corrected chi connectivity index (χ3v) is 4.35. The zero-order chi connectivity index (χ0) is 12.8. The zero-order valence-corrected chi connectivity index (χ0v) is 12.1. The lowest BCUT2D eigenvalue weighted by atomic mass is 9.63. The van der Waals surface area contributed by atoms with Crippen molar-refractivity contribution >= 4 is 5.69 Å². The smallest absolute Gasteiger partial charge is 0.0364 e. The quantitative estimate of drug-likeness (QED) is 0.703. The first-order valence-electron chi connectivity index (χ1n) is 6.56. The Morgan fingerprint density at radius 2 is 1.41 bits per heavy atom. The summed E-state index contributed by atoms with van der Waals surface area (Å²) in [6.07, 6.45) is 2.57. The predicted octanol–water partition coefficient (Wildman–Crippen LogP) is 4.10. The van der Waals surface area contributed by atoms with Crippen LogP contribution in [0.2, 0.25) is 0 Å². The van der Waals surface area contributed by atoms with E-state index in [-0.39, 0.29) is 0 Å². The van der Waals surface area contributed by atoms with Crippen LogP contribution in [0.1, 0.15) is 51.7 Å². The van der Waals surface area contributed by atoms with Crippen LogP contribution in [0.5, 0.6) is 0 Å². The van der Waals surface area contributed by atoms with Crippen LogP contribution in [0.3, 0.4) is 0 Å². The van der Waals surface area contributed by atoms with E-state index in [2.05, 4.69) is 64.9 Å². The van der Waals surface area contributed by atoms with Crippen LogP contribution in [0.15, 0.2) is 18.2 Å². The molecular weight excluding hydrogens is 206 g/mol. The van der Waals surface area contributed by atoms with Crippen molar-refractivity contribution in [1.29, 1.82) is 0 Å². The lowest BCUT2D eigenvalue weighted by Gasteiger charge is -2.42. The Labute approximate surface area is 106 Å². The first-order chi connectivity index (χ1) is 7.74. The minimum Gasteiger partial charge on any atom is -0.378 e. The molecule has 0 N–H and O–H groups in total. The highest BCUT2D eigenvalue weighted by molar-refractivity contribution is 5.54. The minimum atomic E-state index is 0.316. The van der Waals surface area contributed by atoms with Crippen LogP contribution in [0.4, 0.5) is 5.69 Å². The minimum absolute atomic E-state index is 0.316. The van der Waals surface area contributed by atoms with Gasteiger partial charge in [0.25, 0.3) is 0 Å². The first-order valence-corrected chi connectivity index (χ1v) is 6.56. The van der Waals surface area contributed by atoms with E-state index in [1.54, 1.807) is 11.1 Å². The van der Waals surface area contributed by atoms with Gasteiger partial charge in [0.1, 0.15) is 0 Å². The van der Waals surface area contributed by atoms with Crippen LogP contribution in [-0.2, 0) is 10.8 Å². The summed E-state index contributed by atoms with van der Waals surface area (Å²) in [5.41, 5.74) is 5.04. The fourth-order valence-electron chi connectivity index (χ4n) is 2.85. The highest BCUT2D eigenvalue weighted by atomic mass is 15.1. The molecule has 0 unspecified atom stereocenters. The van der Waals surface area contributed by atoms with Gasteiger partial charge in [0, 0.05) is 19.8 Å². The summed E-state index contributed by atoms with van der Waals surface area (Å²) < 4.78 is 0. The molecule has 0 aliphatic heterocycles. The molecule has 1 aliphatic rings. The Bertz CT molecular complexity index is 427. The van der Waals surface area contributed by atoms with Crippen molar-refractivity contribution in [2.45, 2.75) is 51.4 Å². The summed E-state index contributed by atoms with van der Waals surface area (Å²) >= 11 is 0. The molecule has 1 nitrogen and oxygen atoms in total. The molecule has 1 aliphatic carbocycles. The molecule has 1 aromatic rings. The van der Waals surface area contributed by atoms with Crippen LogP contribution in [0.25, 0.3) is 0 Å². The van der Waals surface area contributed by atoms with E-state index in [4.69, 9.17) is 0 Å². The Morgan fingerprint density at radius 3 is 1.94 bits per heavy atom. The third kappa shape index (κ3) is 2.08. The highest BCUT2D eigenvalue weighted by Crippen LogP contribution is 2.46. The molecule has 2 rings (SSSR count).